The second-order valence-electron chi connectivity index (χ2n) is 7.87. The number of carbonyl (C=O) groups excluding carboxylic acids is 1. The first-order valence-electron chi connectivity index (χ1n) is 9.20. The molecule has 4 atom stereocenters. The van der Waals surface area contributed by atoms with E-state index < -0.39 is 0 Å². The molecule has 1 saturated heterocycles. The average molecular weight is 366 g/mol. The molecular formula is C19H30ClN4O+. The first kappa shape index (κ1) is 18.3. The summed E-state index contributed by atoms with van der Waals surface area (Å²) in [6.07, 6.45) is 11.5. The van der Waals surface area contributed by atoms with Crippen molar-refractivity contribution >= 4 is 17.5 Å². The van der Waals surface area contributed by atoms with Crippen molar-refractivity contribution in [1.29, 1.82) is 0 Å². The molecule has 3 heterocycles. The fourth-order valence-corrected chi connectivity index (χ4v) is 4.71. The van der Waals surface area contributed by atoms with Crippen LogP contribution in [0.3, 0.4) is 0 Å². The maximum Gasteiger partial charge on any atom is 0.269 e. The number of nitrogens with zero attached hydrogens (tertiary/aromatic N) is 2. The predicted molar refractivity (Wildman–Crippen MR) is 102 cm³/mol. The van der Waals surface area contributed by atoms with Gasteiger partial charge in [-0.15, -0.1) is 11.6 Å². The van der Waals surface area contributed by atoms with E-state index in [-0.39, 0.29) is 23.5 Å². The number of hydrogen-bond acceptors (Lipinski definition) is 3. The molecule has 0 aromatic carbocycles. The van der Waals surface area contributed by atoms with Gasteiger partial charge in [0, 0.05) is 31.7 Å². The van der Waals surface area contributed by atoms with Gasteiger partial charge in [0.15, 0.2) is 0 Å². The first-order valence-corrected chi connectivity index (χ1v) is 9.63. The molecule has 3 aliphatic rings. The quantitative estimate of drug-likeness (QED) is 0.591. The molecule has 3 rings (SSSR count). The summed E-state index contributed by atoms with van der Waals surface area (Å²) in [4.78, 5) is 14.3. The van der Waals surface area contributed by atoms with Gasteiger partial charge >= 0.3 is 0 Å². The molecule has 0 saturated carbocycles. The Bertz CT molecular complexity index is 625. The highest BCUT2D eigenvalue weighted by atomic mass is 35.5. The number of halogens is 1. The molecular weight excluding hydrogens is 336 g/mol. The van der Waals surface area contributed by atoms with Gasteiger partial charge in [-0.2, -0.15) is 0 Å². The second-order valence-corrected chi connectivity index (χ2v) is 8.37. The van der Waals surface area contributed by atoms with E-state index in [0.717, 1.165) is 10.9 Å². The van der Waals surface area contributed by atoms with Crippen molar-refractivity contribution in [1.82, 2.24) is 15.5 Å². The molecule has 25 heavy (non-hydrogen) atoms. The molecule has 138 valence electrons. The van der Waals surface area contributed by atoms with Gasteiger partial charge < -0.3 is 20.0 Å². The highest BCUT2D eigenvalue weighted by Crippen LogP contribution is 2.29. The molecule has 5 nitrogen and oxygen atoms in total. The van der Waals surface area contributed by atoms with Gasteiger partial charge in [0.1, 0.15) is 12.2 Å². The normalized spacial score (nSPS) is 34.4. The van der Waals surface area contributed by atoms with Crippen molar-refractivity contribution < 1.29 is 9.28 Å². The Morgan fingerprint density at radius 3 is 2.76 bits per heavy atom. The Balaban J connectivity index is 1.65. The van der Waals surface area contributed by atoms with E-state index in [1.807, 2.05) is 13.1 Å². The van der Waals surface area contributed by atoms with Crippen LogP contribution >= 0.6 is 11.6 Å². The Morgan fingerprint density at radius 1 is 1.44 bits per heavy atom. The molecule has 0 aromatic rings. The second kappa shape index (κ2) is 7.04. The number of carbonyl (C=O) groups is 1. The summed E-state index contributed by atoms with van der Waals surface area (Å²) >= 11 is 6.43. The van der Waals surface area contributed by atoms with Crippen molar-refractivity contribution in [2.24, 2.45) is 0 Å². The van der Waals surface area contributed by atoms with Crippen LogP contribution in [0.4, 0.5) is 0 Å². The van der Waals surface area contributed by atoms with Crippen molar-refractivity contribution in [3.63, 3.8) is 0 Å². The summed E-state index contributed by atoms with van der Waals surface area (Å²) < 4.78 is 1.04. The molecule has 4 unspecified atom stereocenters. The number of dihydropyridines is 1. The van der Waals surface area contributed by atoms with Gasteiger partial charge in [-0.05, 0) is 18.6 Å². The third-order valence-electron chi connectivity index (χ3n) is 5.82. The van der Waals surface area contributed by atoms with Gasteiger partial charge in [-0.3, -0.25) is 4.79 Å². The standard InChI is InChI=1S/C19H30ClN4O/c1-5-16-14(20)11-15(19(25)23(16)2)22-18-9-8-13(12-21-18)17-7-6-10-24(17,3)4/h8-9,11-12,14,16-18,21-22H,5-7,10H2,1-4H3/q+1. The van der Waals surface area contributed by atoms with Gasteiger partial charge in [-0.25, -0.2) is 0 Å². The van der Waals surface area contributed by atoms with Crippen LogP contribution in [0.25, 0.3) is 0 Å². The zero-order valence-electron chi connectivity index (χ0n) is 15.6. The number of likely N-dealkylation sites (N-methyl/N-ethyl adjacent to an activating group) is 2. The lowest BCUT2D eigenvalue weighted by Gasteiger charge is -2.36. The molecule has 2 N–H and O–H groups in total. The number of alkyl halides is 1. The van der Waals surface area contributed by atoms with E-state index in [9.17, 15) is 4.79 Å². The molecule has 6 heteroatoms. The molecule has 0 spiro atoms. The zero-order valence-corrected chi connectivity index (χ0v) is 16.4. The molecule has 0 radical (unpaired) electrons. The van der Waals surface area contributed by atoms with Crippen LogP contribution in [0.15, 0.2) is 35.7 Å². The van der Waals surface area contributed by atoms with Crippen molar-refractivity contribution in [3.8, 4) is 0 Å². The predicted octanol–water partition coefficient (Wildman–Crippen LogP) is 1.93. The van der Waals surface area contributed by atoms with Crippen LogP contribution in [-0.2, 0) is 4.79 Å². The van der Waals surface area contributed by atoms with Crippen LogP contribution < -0.4 is 10.6 Å². The van der Waals surface area contributed by atoms with Crippen LogP contribution in [0, 0.1) is 0 Å². The Labute approximate surface area is 156 Å². The van der Waals surface area contributed by atoms with Gasteiger partial charge in [0.05, 0.1) is 37.8 Å². The summed E-state index contributed by atoms with van der Waals surface area (Å²) in [5.74, 6) is 0.00215. The summed E-state index contributed by atoms with van der Waals surface area (Å²) in [7, 11) is 6.41. The summed E-state index contributed by atoms with van der Waals surface area (Å²) in [5, 5.41) is 6.50. The molecule has 1 amide bonds. The van der Waals surface area contributed by atoms with Crippen molar-refractivity contribution in [2.75, 3.05) is 27.7 Å². The minimum Gasteiger partial charge on any atom is -0.368 e. The highest BCUT2D eigenvalue weighted by molar-refractivity contribution is 6.23. The summed E-state index contributed by atoms with van der Waals surface area (Å²) in [6, 6.07) is 0.604. The maximum atomic E-state index is 12.5. The van der Waals surface area contributed by atoms with Crippen LogP contribution in [0.2, 0.25) is 0 Å². The van der Waals surface area contributed by atoms with E-state index in [0.29, 0.717) is 11.7 Å². The topological polar surface area (TPSA) is 44.4 Å². The highest BCUT2D eigenvalue weighted by Gasteiger charge is 2.37. The third kappa shape index (κ3) is 3.58. The molecule has 0 bridgehead atoms. The third-order valence-corrected chi connectivity index (χ3v) is 6.24. The number of hydrogen-bond donors (Lipinski definition) is 2. The summed E-state index contributed by atoms with van der Waals surface area (Å²) in [5.41, 5.74) is 1.91. The van der Waals surface area contributed by atoms with Gasteiger partial charge in [-0.1, -0.05) is 13.0 Å². The zero-order chi connectivity index (χ0) is 18.2. The Kier molecular flexibility index (Phi) is 5.16. The molecule has 0 aliphatic carbocycles. The van der Waals surface area contributed by atoms with Crippen LogP contribution in [-0.4, -0.2) is 66.6 Å². The van der Waals surface area contributed by atoms with E-state index in [1.165, 1.54) is 25.0 Å². The number of nitrogens with one attached hydrogen (secondary N) is 2. The fourth-order valence-electron chi connectivity index (χ4n) is 4.23. The Hall–Kier alpha value is -1.46. The van der Waals surface area contributed by atoms with E-state index in [2.05, 4.69) is 50.0 Å². The smallest absolute Gasteiger partial charge is 0.269 e. The fraction of sp³-hybridized carbons (Fsp3) is 0.632. The first-order chi connectivity index (χ1) is 11.8. The minimum atomic E-state index is -0.162. The summed E-state index contributed by atoms with van der Waals surface area (Å²) in [6.45, 7) is 3.28. The van der Waals surface area contributed by atoms with E-state index >= 15 is 0 Å². The lowest BCUT2D eigenvalue weighted by Crippen LogP contribution is -2.52. The lowest BCUT2D eigenvalue weighted by molar-refractivity contribution is -0.896. The Morgan fingerprint density at radius 2 is 2.20 bits per heavy atom. The maximum absolute atomic E-state index is 12.5. The molecule has 1 fully saturated rings. The van der Waals surface area contributed by atoms with Crippen LogP contribution in [0.5, 0.6) is 0 Å². The van der Waals surface area contributed by atoms with Gasteiger partial charge in [0.2, 0.25) is 0 Å². The molecule has 3 aliphatic heterocycles. The van der Waals surface area contributed by atoms with Crippen molar-refractivity contribution in [3.05, 3.63) is 35.7 Å². The van der Waals surface area contributed by atoms with Gasteiger partial charge in [0.25, 0.3) is 5.91 Å². The average Bonchev–Trinajstić information content (AvgIpc) is 2.93. The SMILES string of the molecule is CCC1C(Cl)C=C(NC2C=CC(C3CCC[N+]3(C)C)=CN2)C(=O)N1C. The lowest BCUT2D eigenvalue weighted by atomic mass is 10.0. The molecule has 0 aromatic heterocycles. The largest absolute Gasteiger partial charge is 0.368 e. The number of amides is 1. The number of quaternary nitrogens is 1. The number of likely N-dealkylation sites (tertiary alicyclic amines) is 1. The van der Waals surface area contributed by atoms with E-state index in [1.54, 1.807) is 4.90 Å². The van der Waals surface area contributed by atoms with Crippen LogP contribution in [0.1, 0.15) is 26.2 Å². The number of rotatable bonds is 4. The minimum absolute atomic E-state index is 0.00215. The monoisotopic (exact) mass is 365 g/mol. The van der Waals surface area contributed by atoms with E-state index in [4.69, 9.17) is 11.6 Å². The van der Waals surface area contributed by atoms with Crippen molar-refractivity contribution in [2.45, 2.75) is 49.8 Å².